The summed E-state index contributed by atoms with van der Waals surface area (Å²) in [6.07, 6.45) is 7.74. The highest BCUT2D eigenvalue weighted by Gasteiger charge is 2.53. The molecule has 3 aliphatic heterocycles. The number of ketones is 2. The van der Waals surface area contributed by atoms with E-state index < -0.39 is 85.3 Å². The van der Waals surface area contributed by atoms with Crippen LogP contribution in [0.1, 0.15) is 138 Å². The molecule has 0 unspecified atom stereocenters. The number of piperidine rings is 1. The standard InChI is InChI=1S/C53H81N5O11/c1-32-17-13-12-14-18-33(2)45(65-9)29-41-22-20-38(7)53(64,69-41)50(61)51(62)57-24-16-15-19-43(57)52(63)68-46(36(5)27-40-21-23-42(47(28-40)66-10)58-31-54-55-56-58)30-44(59)35(4)26-37(6)48(60)49(67-11)39(8)34(3)25-32/h12-14,17-18,26,31-32,34-36,38,40-43,45-49,60,64H,8,15-16,19-25,27-30H2,1-7,9-11H3/b14-12?,17-13+,33-18?,37-26+/t32-,34-,35-,36-,38-,40+,41+,42+,43+,45+,46+,47-,48-,49+,53-/m1/s1/i9D3,20D2. The van der Waals surface area contributed by atoms with E-state index in [4.69, 9.17) is 30.5 Å². The normalized spacial score (nSPS) is 39.5. The molecule has 2 saturated heterocycles. The van der Waals surface area contributed by atoms with E-state index in [0.29, 0.717) is 55.2 Å². The van der Waals surface area contributed by atoms with Crippen molar-refractivity contribution < 1.29 is 59.9 Å². The Morgan fingerprint density at radius 3 is 2.45 bits per heavy atom. The number of carbonyl (C=O) groups is 4. The minimum Gasteiger partial charge on any atom is -0.460 e. The third kappa shape index (κ3) is 14.2. The monoisotopic (exact) mass is 969 g/mol. The fourth-order valence-electron chi connectivity index (χ4n) is 10.4. The van der Waals surface area contributed by atoms with Gasteiger partial charge in [-0.25, -0.2) is 9.48 Å². The number of hydrogen-bond donors (Lipinski definition) is 2. The first-order chi connectivity index (χ1) is 34.7. The Kier molecular flexibility index (Phi) is 18.1. The summed E-state index contributed by atoms with van der Waals surface area (Å²) in [5, 5.41) is 35.5. The lowest BCUT2D eigenvalue weighted by atomic mass is 9.77. The first-order valence-electron chi connectivity index (χ1n) is 27.2. The average Bonchev–Trinajstić information content (AvgIpc) is 3.89. The molecule has 384 valence electrons. The van der Waals surface area contributed by atoms with E-state index in [2.05, 4.69) is 22.1 Å². The molecule has 69 heavy (non-hydrogen) atoms. The van der Waals surface area contributed by atoms with Gasteiger partial charge in [0.05, 0.1) is 28.5 Å². The highest BCUT2D eigenvalue weighted by atomic mass is 16.6. The van der Waals surface area contributed by atoms with Gasteiger partial charge in [0.1, 0.15) is 36.5 Å². The maximum Gasteiger partial charge on any atom is 0.329 e. The number of nitrogens with zero attached hydrogens (tertiary/aromatic N) is 5. The number of rotatable bonds is 7. The number of Topliss-reactive ketones (excluding diaryl/α,β-unsaturated/α-hetero) is 2. The zero-order valence-corrected chi connectivity index (χ0v) is 42.1. The molecule has 5 rings (SSSR count). The summed E-state index contributed by atoms with van der Waals surface area (Å²) < 4.78 is 72.9. The molecule has 1 saturated carbocycles. The van der Waals surface area contributed by atoms with Crippen LogP contribution >= 0.6 is 0 Å². The summed E-state index contributed by atoms with van der Waals surface area (Å²) >= 11 is 0. The van der Waals surface area contributed by atoms with Crippen molar-refractivity contribution in [2.24, 2.45) is 35.5 Å². The molecule has 0 aromatic carbocycles. The Bertz CT molecular complexity index is 2220. The molecule has 16 nitrogen and oxygen atoms in total. The van der Waals surface area contributed by atoms with Gasteiger partial charge in [0, 0.05) is 55.2 Å². The number of allylic oxidation sites excluding steroid dienone is 6. The lowest BCUT2D eigenvalue weighted by Gasteiger charge is -2.42. The fraction of sp³-hybridized carbons (Fsp3) is 0.717. The number of carbonyl (C=O) groups excluding carboxylic acids is 4. The number of hydrogen-bond acceptors (Lipinski definition) is 14. The minimum absolute atomic E-state index is 0.0519. The van der Waals surface area contributed by atoms with Crippen molar-refractivity contribution in [2.75, 3.05) is 27.8 Å². The second-order valence-corrected chi connectivity index (χ2v) is 20.1. The van der Waals surface area contributed by atoms with Gasteiger partial charge < -0.3 is 38.8 Å². The van der Waals surface area contributed by atoms with Crippen LogP contribution in [0.25, 0.3) is 0 Å². The number of methoxy groups -OCH3 is 3. The number of aromatic nitrogens is 4. The van der Waals surface area contributed by atoms with Crippen LogP contribution in [0.2, 0.25) is 0 Å². The van der Waals surface area contributed by atoms with Crippen molar-refractivity contribution >= 4 is 23.4 Å². The predicted octanol–water partition coefficient (Wildman–Crippen LogP) is 7.03. The second kappa shape index (κ2) is 25.8. The van der Waals surface area contributed by atoms with Crippen LogP contribution in [-0.4, -0.2) is 135 Å². The van der Waals surface area contributed by atoms with Crippen molar-refractivity contribution in [3.8, 4) is 0 Å². The van der Waals surface area contributed by atoms with Crippen LogP contribution < -0.4 is 0 Å². The maximum absolute atomic E-state index is 14.6. The Morgan fingerprint density at radius 1 is 0.986 bits per heavy atom. The van der Waals surface area contributed by atoms with Crippen LogP contribution in [0.5, 0.6) is 0 Å². The van der Waals surface area contributed by atoms with E-state index in [1.54, 1.807) is 63.2 Å². The second-order valence-electron chi connectivity index (χ2n) is 20.1. The Labute approximate surface area is 417 Å². The summed E-state index contributed by atoms with van der Waals surface area (Å²) in [4.78, 5) is 59.0. The third-order valence-electron chi connectivity index (χ3n) is 14.9. The van der Waals surface area contributed by atoms with Gasteiger partial charge >= 0.3 is 5.97 Å². The highest BCUT2D eigenvalue weighted by molar-refractivity contribution is 6.39. The first-order valence-corrected chi connectivity index (χ1v) is 24.7. The number of aliphatic hydroxyl groups is 2. The molecule has 0 spiro atoms. The summed E-state index contributed by atoms with van der Waals surface area (Å²) in [6, 6.07) is -1.38. The molecular formula is C53H81N5O11. The molecule has 15 atom stereocenters. The highest BCUT2D eigenvalue weighted by Crippen LogP contribution is 2.39. The molecule has 2 N–H and O–H groups in total. The van der Waals surface area contributed by atoms with Crippen molar-refractivity contribution in [3.05, 3.63) is 66.1 Å². The van der Waals surface area contributed by atoms with Crippen LogP contribution in [0.4, 0.5) is 0 Å². The first kappa shape index (κ1) is 48.4. The van der Waals surface area contributed by atoms with Gasteiger partial charge in [-0.3, -0.25) is 14.4 Å². The van der Waals surface area contributed by atoms with Gasteiger partial charge in [0.25, 0.3) is 11.7 Å². The quantitative estimate of drug-likeness (QED) is 0.160. The number of esters is 1. The van der Waals surface area contributed by atoms with Crippen molar-refractivity contribution in [2.45, 2.75) is 180 Å². The van der Waals surface area contributed by atoms with E-state index in [1.165, 1.54) is 14.0 Å². The zero-order valence-electron chi connectivity index (χ0n) is 47.1. The summed E-state index contributed by atoms with van der Waals surface area (Å²) in [7, 11) is 0.244. The average molecular weight is 969 g/mol. The molecule has 16 heteroatoms. The maximum atomic E-state index is 14.6. The third-order valence-corrected chi connectivity index (χ3v) is 14.9. The van der Waals surface area contributed by atoms with Gasteiger partial charge in [-0.2, -0.15) is 0 Å². The van der Waals surface area contributed by atoms with Gasteiger partial charge in [0.15, 0.2) is 0 Å². The van der Waals surface area contributed by atoms with E-state index >= 15 is 0 Å². The van der Waals surface area contributed by atoms with Crippen LogP contribution in [-0.2, 0) is 42.9 Å². The van der Waals surface area contributed by atoms with Crippen LogP contribution in [0.15, 0.2) is 66.1 Å². The molecule has 1 aromatic heterocycles. The van der Waals surface area contributed by atoms with Gasteiger partial charge in [0.2, 0.25) is 5.79 Å². The summed E-state index contributed by atoms with van der Waals surface area (Å²) in [5.74, 6) is -9.52. The Balaban J connectivity index is 1.52. The molecule has 1 amide bonds. The van der Waals surface area contributed by atoms with E-state index in [-0.39, 0.29) is 73.8 Å². The molecule has 4 aliphatic rings. The topological polar surface area (TPSA) is 202 Å². The number of ether oxygens (including phenoxy) is 5. The van der Waals surface area contributed by atoms with Crippen LogP contribution in [0.3, 0.4) is 0 Å². The van der Waals surface area contributed by atoms with E-state index in [1.807, 2.05) is 32.9 Å². The van der Waals surface area contributed by atoms with Crippen molar-refractivity contribution in [1.82, 2.24) is 25.1 Å². The number of tetrazole rings is 1. The molecule has 1 aromatic rings. The van der Waals surface area contributed by atoms with Gasteiger partial charge in [-0.1, -0.05) is 77.7 Å². The smallest absolute Gasteiger partial charge is 0.329 e. The number of aliphatic hydroxyl groups excluding tert-OH is 1. The Morgan fingerprint density at radius 2 is 1.75 bits per heavy atom. The summed E-state index contributed by atoms with van der Waals surface area (Å²) in [5.41, 5.74) is 1.60. The molecular weight excluding hydrogens is 883 g/mol. The van der Waals surface area contributed by atoms with E-state index in [9.17, 15) is 29.4 Å². The Hall–Kier alpha value is -4.19. The SMILES string of the molecule is [2H]C([2H])([2H])O[C@H]1C[C@@H]2CC([2H])([2H])[C@@H](C)[C@@](O)(O2)C(=O)C(=O)N2CCCC[C@H]2C(=O)O[C@H]([C@H](C)C[C@@H]2CC[C@H](n3cnnn3)[C@H](OC)C2)CC(=O)[C@H](C)/C=C(\C)[C@@H](O)[C@@H](OC)C(=C)[C@H](C)C[C@H](C)/C=C/C=CC=C1C. The van der Waals surface area contributed by atoms with Gasteiger partial charge in [-0.15, -0.1) is 5.10 Å². The van der Waals surface area contributed by atoms with Crippen molar-refractivity contribution in [1.29, 1.82) is 0 Å². The number of amides is 1. The number of fused-ring (bicyclic) bond motifs is 3. The molecule has 2 bridgehead atoms. The fourth-order valence-corrected chi connectivity index (χ4v) is 10.4. The lowest BCUT2D eigenvalue weighted by Crippen LogP contribution is -2.61. The predicted molar refractivity (Wildman–Crippen MR) is 260 cm³/mol. The summed E-state index contributed by atoms with van der Waals surface area (Å²) in [6.45, 7) is 16.5. The van der Waals surface area contributed by atoms with Crippen molar-refractivity contribution in [3.63, 3.8) is 0 Å². The van der Waals surface area contributed by atoms with E-state index in [0.717, 1.165) is 11.3 Å². The minimum atomic E-state index is -3.02. The zero-order chi connectivity index (χ0) is 54.9. The molecule has 1 aliphatic carbocycles. The molecule has 0 radical (unpaired) electrons. The number of cyclic esters (lactones) is 1. The lowest BCUT2D eigenvalue weighted by molar-refractivity contribution is -0.265. The van der Waals surface area contributed by atoms with Gasteiger partial charge in [-0.05, 0) is 129 Å². The largest absolute Gasteiger partial charge is 0.460 e. The molecule has 3 fully saturated rings. The van der Waals surface area contributed by atoms with Crippen LogP contribution in [0, 0.1) is 35.5 Å². The molecule has 4 heterocycles.